The second-order valence-electron chi connectivity index (χ2n) is 4.38. The lowest BCUT2D eigenvalue weighted by Gasteiger charge is -2.15. The number of rotatable bonds is 5. The molecule has 0 amide bonds. The molecule has 0 aliphatic carbocycles. The van der Waals surface area contributed by atoms with E-state index in [4.69, 9.17) is 10.5 Å². The molecule has 1 heterocycles. The summed E-state index contributed by atoms with van der Waals surface area (Å²) in [6, 6.07) is 14.1. The predicted octanol–water partition coefficient (Wildman–Crippen LogP) is 2.72. The van der Waals surface area contributed by atoms with Crippen molar-refractivity contribution in [3.05, 3.63) is 53.6 Å². The third kappa shape index (κ3) is 3.45. The van der Waals surface area contributed by atoms with E-state index in [1.165, 1.54) is 5.56 Å². The van der Waals surface area contributed by atoms with Crippen molar-refractivity contribution in [1.29, 1.82) is 0 Å². The van der Waals surface area contributed by atoms with E-state index in [1.807, 2.05) is 30.3 Å². The van der Waals surface area contributed by atoms with E-state index in [-0.39, 0.29) is 6.04 Å². The Morgan fingerprint density at radius 2 is 1.95 bits per heavy atom. The molecule has 2 aromatic rings. The minimum absolute atomic E-state index is 0.173. The molecule has 0 radical (unpaired) electrons. The first-order valence-electron chi connectivity index (χ1n) is 6.29. The Morgan fingerprint density at radius 3 is 2.58 bits per heavy atom. The Balaban J connectivity index is 2.08. The lowest BCUT2D eigenvalue weighted by atomic mass is 10.1. The summed E-state index contributed by atoms with van der Waals surface area (Å²) in [5.74, 6) is 1.41. The smallest absolute Gasteiger partial charge is 0.214 e. The maximum Gasteiger partial charge on any atom is 0.214 e. The third-order valence-electron chi connectivity index (χ3n) is 3.01. The fourth-order valence-electron chi connectivity index (χ4n) is 1.86. The van der Waals surface area contributed by atoms with Gasteiger partial charge in [-0.3, -0.25) is 0 Å². The Hall–Kier alpha value is -2.07. The number of benzene rings is 1. The van der Waals surface area contributed by atoms with Crippen molar-refractivity contribution in [2.45, 2.75) is 19.5 Å². The molecule has 4 heteroatoms. The van der Waals surface area contributed by atoms with Crippen molar-refractivity contribution in [1.82, 2.24) is 4.98 Å². The van der Waals surface area contributed by atoms with Crippen LogP contribution in [-0.2, 0) is 6.54 Å². The summed E-state index contributed by atoms with van der Waals surface area (Å²) in [7, 11) is 1.61. The normalized spacial score (nSPS) is 11.9. The van der Waals surface area contributed by atoms with Crippen molar-refractivity contribution in [3.63, 3.8) is 0 Å². The number of hydrogen-bond donors (Lipinski definition) is 2. The second kappa shape index (κ2) is 6.20. The highest BCUT2D eigenvalue weighted by atomic mass is 16.5. The van der Waals surface area contributed by atoms with Crippen molar-refractivity contribution in [3.8, 4) is 5.88 Å². The van der Waals surface area contributed by atoms with Gasteiger partial charge in [0, 0.05) is 18.7 Å². The van der Waals surface area contributed by atoms with Gasteiger partial charge in [-0.15, -0.1) is 0 Å². The van der Waals surface area contributed by atoms with Crippen LogP contribution in [0.1, 0.15) is 24.1 Å². The van der Waals surface area contributed by atoms with Gasteiger partial charge in [-0.25, -0.2) is 0 Å². The molecule has 19 heavy (non-hydrogen) atoms. The van der Waals surface area contributed by atoms with Gasteiger partial charge in [0.1, 0.15) is 5.82 Å². The standard InChI is InChI=1S/C15H19N3O/c1-11(13-8-6-12(10-16)7-9-13)17-14-4-3-5-15(18-14)19-2/h3-9,11H,10,16H2,1-2H3,(H,17,18). The van der Waals surface area contributed by atoms with E-state index >= 15 is 0 Å². The Morgan fingerprint density at radius 1 is 1.21 bits per heavy atom. The van der Waals surface area contributed by atoms with Crippen molar-refractivity contribution >= 4 is 5.82 Å². The molecule has 4 nitrogen and oxygen atoms in total. The van der Waals surface area contributed by atoms with E-state index in [2.05, 4.69) is 29.4 Å². The molecule has 100 valence electrons. The summed E-state index contributed by atoms with van der Waals surface area (Å²) < 4.78 is 5.11. The highest BCUT2D eigenvalue weighted by molar-refractivity contribution is 5.40. The van der Waals surface area contributed by atoms with Crippen LogP contribution >= 0.6 is 0 Å². The summed E-state index contributed by atoms with van der Waals surface area (Å²) in [5, 5.41) is 3.35. The lowest BCUT2D eigenvalue weighted by Crippen LogP contribution is -2.08. The number of nitrogens with zero attached hydrogens (tertiary/aromatic N) is 1. The van der Waals surface area contributed by atoms with Crippen LogP contribution in [0.15, 0.2) is 42.5 Å². The molecule has 0 aliphatic heterocycles. The van der Waals surface area contributed by atoms with Gasteiger partial charge in [0.15, 0.2) is 0 Å². The highest BCUT2D eigenvalue weighted by Gasteiger charge is 2.06. The van der Waals surface area contributed by atoms with Gasteiger partial charge in [-0.1, -0.05) is 30.3 Å². The summed E-state index contributed by atoms with van der Waals surface area (Å²) in [4.78, 5) is 4.34. The van der Waals surface area contributed by atoms with Crippen LogP contribution in [-0.4, -0.2) is 12.1 Å². The molecule has 0 bridgehead atoms. The zero-order valence-electron chi connectivity index (χ0n) is 11.3. The number of pyridine rings is 1. The minimum Gasteiger partial charge on any atom is -0.481 e. The maximum atomic E-state index is 5.59. The first kappa shape index (κ1) is 13.4. The van der Waals surface area contributed by atoms with Crippen LogP contribution in [0.5, 0.6) is 5.88 Å². The number of anilines is 1. The molecule has 0 saturated carbocycles. The molecule has 1 atom stereocenters. The molecule has 0 fully saturated rings. The third-order valence-corrected chi connectivity index (χ3v) is 3.01. The van der Waals surface area contributed by atoms with Gasteiger partial charge >= 0.3 is 0 Å². The number of hydrogen-bond acceptors (Lipinski definition) is 4. The molecular weight excluding hydrogens is 238 g/mol. The lowest BCUT2D eigenvalue weighted by molar-refractivity contribution is 0.398. The van der Waals surface area contributed by atoms with Gasteiger partial charge in [0.05, 0.1) is 7.11 Å². The van der Waals surface area contributed by atoms with Gasteiger partial charge in [0.2, 0.25) is 5.88 Å². The first-order valence-corrected chi connectivity index (χ1v) is 6.29. The predicted molar refractivity (Wildman–Crippen MR) is 77.2 cm³/mol. The minimum atomic E-state index is 0.173. The molecule has 1 aromatic heterocycles. The van der Waals surface area contributed by atoms with Crippen molar-refractivity contribution in [2.75, 3.05) is 12.4 Å². The van der Waals surface area contributed by atoms with Crippen LogP contribution in [0, 0.1) is 0 Å². The first-order chi connectivity index (χ1) is 9.22. The maximum absolute atomic E-state index is 5.59. The van der Waals surface area contributed by atoms with Gasteiger partial charge in [0.25, 0.3) is 0 Å². The molecule has 2 rings (SSSR count). The van der Waals surface area contributed by atoms with Crippen LogP contribution in [0.4, 0.5) is 5.82 Å². The molecule has 0 spiro atoms. The molecule has 1 aromatic carbocycles. The zero-order valence-corrected chi connectivity index (χ0v) is 11.3. The van der Waals surface area contributed by atoms with E-state index in [9.17, 15) is 0 Å². The Kier molecular flexibility index (Phi) is 4.36. The monoisotopic (exact) mass is 257 g/mol. The van der Waals surface area contributed by atoms with Crippen LogP contribution in [0.25, 0.3) is 0 Å². The molecular formula is C15H19N3O. The molecule has 3 N–H and O–H groups in total. The largest absolute Gasteiger partial charge is 0.481 e. The van der Waals surface area contributed by atoms with Gasteiger partial charge < -0.3 is 15.8 Å². The Labute approximate surface area is 113 Å². The number of aromatic nitrogens is 1. The molecule has 0 aliphatic rings. The quantitative estimate of drug-likeness (QED) is 0.864. The van der Waals surface area contributed by atoms with Gasteiger partial charge in [-0.2, -0.15) is 4.98 Å². The number of ether oxygens (including phenoxy) is 1. The number of nitrogens with one attached hydrogen (secondary N) is 1. The fraction of sp³-hybridized carbons (Fsp3) is 0.267. The average Bonchev–Trinajstić information content (AvgIpc) is 2.47. The van der Waals surface area contributed by atoms with Crippen molar-refractivity contribution < 1.29 is 4.74 Å². The summed E-state index contributed by atoms with van der Waals surface area (Å²) >= 11 is 0. The summed E-state index contributed by atoms with van der Waals surface area (Å²) in [6.45, 7) is 2.66. The fourth-order valence-corrected chi connectivity index (χ4v) is 1.86. The van der Waals surface area contributed by atoms with E-state index < -0.39 is 0 Å². The number of methoxy groups -OCH3 is 1. The van der Waals surface area contributed by atoms with E-state index in [1.54, 1.807) is 7.11 Å². The Bertz CT molecular complexity index is 525. The molecule has 1 unspecified atom stereocenters. The summed E-state index contributed by atoms with van der Waals surface area (Å²) in [5.41, 5.74) is 7.92. The van der Waals surface area contributed by atoms with Crippen LogP contribution in [0.3, 0.4) is 0 Å². The van der Waals surface area contributed by atoms with E-state index in [0.717, 1.165) is 11.4 Å². The summed E-state index contributed by atoms with van der Waals surface area (Å²) in [6.07, 6.45) is 0. The highest BCUT2D eigenvalue weighted by Crippen LogP contribution is 2.19. The van der Waals surface area contributed by atoms with Crippen LogP contribution < -0.4 is 15.8 Å². The average molecular weight is 257 g/mol. The topological polar surface area (TPSA) is 60.2 Å². The van der Waals surface area contributed by atoms with Crippen molar-refractivity contribution in [2.24, 2.45) is 5.73 Å². The number of nitrogens with two attached hydrogens (primary N) is 1. The van der Waals surface area contributed by atoms with Crippen LogP contribution in [0.2, 0.25) is 0 Å². The SMILES string of the molecule is COc1cccc(NC(C)c2ccc(CN)cc2)n1. The zero-order chi connectivity index (χ0) is 13.7. The van der Waals surface area contributed by atoms with E-state index in [0.29, 0.717) is 12.4 Å². The molecule has 0 saturated heterocycles. The van der Waals surface area contributed by atoms with Gasteiger partial charge in [-0.05, 0) is 24.1 Å². The second-order valence-corrected chi connectivity index (χ2v) is 4.38.